The average molecular weight is 264 g/mol. The molecule has 0 aliphatic carbocycles. The molecule has 0 aliphatic rings. The van der Waals surface area contributed by atoms with Gasteiger partial charge in [0.25, 0.3) is 0 Å². The SMILES string of the molecule is CC(C)CCCn1c(Cl)nnc1-c1ccccc1. The first kappa shape index (κ1) is 13.1. The molecule has 3 nitrogen and oxygen atoms in total. The zero-order chi connectivity index (χ0) is 13.0. The van der Waals surface area contributed by atoms with Crippen molar-refractivity contribution in [3.63, 3.8) is 0 Å². The third-order valence-corrected chi connectivity index (χ3v) is 3.18. The monoisotopic (exact) mass is 263 g/mol. The van der Waals surface area contributed by atoms with Crippen molar-refractivity contribution in [3.8, 4) is 11.4 Å². The summed E-state index contributed by atoms with van der Waals surface area (Å²) in [5.41, 5.74) is 1.06. The maximum absolute atomic E-state index is 6.10. The number of aromatic nitrogens is 3. The van der Waals surface area contributed by atoms with Gasteiger partial charge in [-0.15, -0.1) is 10.2 Å². The fourth-order valence-electron chi connectivity index (χ4n) is 1.94. The van der Waals surface area contributed by atoms with E-state index in [1.54, 1.807) is 0 Å². The van der Waals surface area contributed by atoms with Crippen LogP contribution in [-0.2, 0) is 6.54 Å². The van der Waals surface area contributed by atoms with Gasteiger partial charge in [0.05, 0.1) is 0 Å². The van der Waals surface area contributed by atoms with Gasteiger partial charge < -0.3 is 0 Å². The first-order valence-corrected chi connectivity index (χ1v) is 6.70. The highest BCUT2D eigenvalue weighted by Gasteiger charge is 2.11. The highest BCUT2D eigenvalue weighted by Crippen LogP contribution is 2.21. The highest BCUT2D eigenvalue weighted by atomic mass is 35.5. The summed E-state index contributed by atoms with van der Waals surface area (Å²) in [6.45, 7) is 5.33. The van der Waals surface area contributed by atoms with E-state index in [0.717, 1.165) is 24.4 Å². The van der Waals surface area contributed by atoms with Gasteiger partial charge in [-0.1, -0.05) is 44.2 Å². The van der Waals surface area contributed by atoms with Crippen LogP contribution in [0.5, 0.6) is 0 Å². The first-order chi connectivity index (χ1) is 8.68. The summed E-state index contributed by atoms with van der Waals surface area (Å²) in [5, 5.41) is 8.60. The number of halogens is 1. The molecule has 0 bridgehead atoms. The van der Waals surface area contributed by atoms with Gasteiger partial charge in [0.1, 0.15) is 0 Å². The van der Waals surface area contributed by atoms with Crippen LogP contribution in [0.3, 0.4) is 0 Å². The number of nitrogens with zero attached hydrogens (tertiary/aromatic N) is 3. The third kappa shape index (κ3) is 3.10. The molecule has 0 N–H and O–H groups in total. The van der Waals surface area contributed by atoms with E-state index in [1.807, 2.05) is 34.9 Å². The van der Waals surface area contributed by atoms with Gasteiger partial charge in [-0.3, -0.25) is 4.57 Å². The summed E-state index contributed by atoms with van der Waals surface area (Å²) in [6, 6.07) is 10.0. The fourth-order valence-corrected chi connectivity index (χ4v) is 2.14. The lowest BCUT2D eigenvalue weighted by atomic mass is 10.1. The van der Waals surface area contributed by atoms with E-state index in [1.165, 1.54) is 6.42 Å². The molecule has 1 aromatic heterocycles. The Morgan fingerprint density at radius 1 is 1.17 bits per heavy atom. The molecule has 0 aliphatic heterocycles. The van der Waals surface area contributed by atoms with Gasteiger partial charge in [-0.25, -0.2) is 0 Å². The van der Waals surface area contributed by atoms with E-state index in [0.29, 0.717) is 11.2 Å². The second-order valence-electron chi connectivity index (χ2n) is 4.85. The first-order valence-electron chi connectivity index (χ1n) is 6.32. The van der Waals surface area contributed by atoms with Gasteiger partial charge in [0.2, 0.25) is 5.28 Å². The number of benzene rings is 1. The molecule has 18 heavy (non-hydrogen) atoms. The van der Waals surface area contributed by atoms with Crippen molar-refractivity contribution in [3.05, 3.63) is 35.6 Å². The van der Waals surface area contributed by atoms with Crippen molar-refractivity contribution in [2.24, 2.45) is 5.92 Å². The van der Waals surface area contributed by atoms with E-state index in [-0.39, 0.29) is 0 Å². The van der Waals surface area contributed by atoms with Crippen LogP contribution in [0.4, 0.5) is 0 Å². The molecule has 0 atom stereocenters. The predicted octanol–water partition coefficient (Wildman–Crippen LogP) is 4.03. The van der Waals surface area contributed by atoms with Crippen LogP contribution in [-0.4, -0.2) is 14.8 Å². The third-order valence-electron chi connectivity index (χ3n) is 2.90. The molecule has 0 saturated carbocycles. The highest BCUT2D eigenvalue weighted by molar-refractivity contribution is 6.28. The Hall–Kier alpha value is -1.35. The van der Waals surface area contributed by atoms with Crippen LogP contribution >= 0.6 is 11.6 Å². The van der Waals surface area contributed by atoms with Crippen LogP contribution in [0.2, 0.25) is 5.28 Å². The van der Waals surface area contributed by atoms with Gasteiger partial charge in [0, 0.05) is 12.1 Å². The van der Waals surface area contributed by atoms with Crippen molar-refractivity contribution in [2.75, 3.05) is 0 Å². The minimum absolute atomic E-state index is 0.470. The summed E-state index contributed by atoms with van der Waals surface area (Å²) >= 11 is 6.10. The predicted molar refractivity (Wildman–Crippen MR) is 74.5 cm³/mol. The van der Waals surface area contributed by atoms with E-state index >= 15 is 0 Å². The van der Waals surface area contributed by atoms with E-state index in [2.05, 4.69) is 24.0 Å². The topological polar surface area (TPSA) is 30.7 Å². The summed E-state index contributed by atoms with van der Waals surface area (Å²) in [5.74, 6) is 1.56. The zero-order valence-corrected chi connectivity index (χ0v) is 11.6. The Kier molecular flexibility index (Phi) is 4.37. The standard InChI is InChI=1S/C14H18ClN3/c1-11(2)7-6-10-18-13(16-17-14(18)15)12-8-4-3-5-9-12/h3-5,8-9,11H,6-7,10H2,1-2H3. The van der Waals surface area contributed by atoms with Gasteiger partial charge in [-0.05, 0) is 30.4 Å². The molecule has 0 fully saturated rings. The molecule has 2 aromatic rings. The molecule has 1 heterocycles. The summed E-state index contributed by atoms with van der Waals surface area (Å²) in [4.78, 5) is 0. The Morgan fingerprint density at radius 2 is 1.89 bits per heavy atom. The van der Waals surface area contributed by atoms with Crippen LogP contribution in [0, 0.1) is 5.92 Å². The van der Waals surface area contributed by atoms with Gasteiger partial charge >= 0.3 is 0 Å². The van der Waals surface area contributed by atoms with Crippen molar-refractivity contribution >= 4 is 11.6 Å². The average Bonchev–Trinajstić information content (AvgIpc) is 2.72. The lowest BCUT2D eigenvalue weighted by molar-refractivity contribution is 0.513. The minimum atomic E-state index is 0.470. The van der Waals surface area contributed by atoms with Crippen LogP contribution < -0.4 is 0 Å². The fraction of sp³-hybridized carbons (Fsp3) is 0.429. The summed E-state index contributed by atoms with van der Waals surface area (Å²) < 4.78 is 1.99. The van der Waals surface area contributed by atoms with E-state index < -0.39 is 0 Å². The van der Waals surface area contributed by atoms with Gasteiger partial charge in [-0.2, -0.15) is 0 Å². The molecule has 0 radical (unpaired) electrons. The van der Waals surface area contributed by atoms with Crippen LogP contribution in [0.25, 0.3) is 11.4 Å². The smallest absolute Gasteiger partial charge is 0.225 e. The molecular weight excluding hydrogens is 246 g/mol. The molecule has 0 unspecified atom stereocenters. The maximum atomic E-state index is 6.10. The summed E-state index contributed by atoms with van der Waals surface area (Å²) in [6.07, 6.45) is 2.28. The van der Waals surface area contributed by atoms with E-state index in [9.17, 15) is 0 Å². The van der Waals surface area contributed by atoms with Crippen LogP contribution in [0.1, 0.15) is 26.7 Å². The molecule has 1 aromatic carbocycles. The molecule has 2 rings (SSSR count). The lowest BCUT2D eigenvalue weighted by Crippen LogP contribution is -2.02. The van der Waals surface area contributed by atoms with E-state index in [4.69, 9.17) is 11.6 Å². The maximum Gasteiger partial charge on any atom is 0.225 e. The number of hydrogen-bond donors (Lipinski definition) is 0. The Bertz CT molecular complexity index is 491. The second-order valence-corrected chi connectivity index (χ2v) is 5.18. The van der Waals surface area contributed by atoms with Crippen LogP contribution in [0.15, 0.2) is 30.3 Å². The Labute approximate surface area is 113 Å². The molecule has 96 valence electrons. The quantitative estimate of drug-likeness (QED) is 0.815. The molecule has 0 saturated heterocycles. The largest absolute Gasteiger partial charge is 0.298 e. The van der Waals surface area contributed by atoms with Crippen molar-refractivity contribution in [1.82, 2.24) is 14.8 Å². The molecule has 4 heteroatoms. The molecule has 0 spiro atoms. The minimum Gasteiger partial charge on any atom is -0.298 e. The lowest BCUT2D eigenvalue weighted by Gasteiger charge is -2.09. The molecule has 0 amide bonds. The van der Waals surface area contributed by atoms with Gasteiger partial charge in [0.15, 0.2) is 5.82 Å². The number of rotatable bonds is 5. The normalized spacial score (nSPS) is 11.1. The Balaban J connectivity index is 2.17. The molecular formula is C14H18ClN3. The Morgan fingerprint density at radius 3 is 2.56 bits per heavy atom. The second kappa shape index (κ2) is 6.01. The van der Waals surface area contributed by atoms with Crippen molar-refractivity contribution in [1.29, 1.82) is 0 Å². The number of hydrogen-bond acceptors (Lipinski definition) is 2. The van der Waals surface area contributed by atoms with Crippen molar-refractivity contribution < 1.29 is 0 Å². The van der Waals surface area contributed by atoms with Crippen molar-refractivity contribution in [2.45, 2.75) is 33.2 Å². The zero-order valence-electron chi connectivity index (χ0n) is 10.8. The summed E-state index contributed by atoms with van der Waals surface area (Å²) in [7, 11) is 0.